The number of benzene rings is 2. The van der Waals surface area contributed by atoms with Crippen molar-refractivity contribution in [1.82, 2.24) is 19.2 Å². The van der Waals surface area contributed by atoms with Crippen molar-refractivity contribution in [2.75, 3.05) is 13.3 Å². The summed E-state index contributed by atoms with van der Waals surface area (Å²) in [5, 5.41) is 2.89. The van der Waals surface area contributed by atoms with Crippen LogP contribution in [-0.4, -0.2) is 41.5 Å². The number of nitrogens with zero attached hydrogens (tertiary/aromatic N) is 3. The summed E-state index contributed by atoms with van der Waals surface area (Å²) in [6.07, 6.45) is 4.67. The van der Waals surface area contributed by atoms with Crippen LogP contribution in [0, 0.1) is 6.92 Å². The molecule has 7 nitrogen and oxygen atoms in total. The number of aryl methyl sites for hydroxylation is 1. The lowest BCUT2D eigenvalue weighted by Gasteiger charge is -2.26. The number of carbonyl (C=O) groups is 1. The maximum absolute atomic E-state index is 13.0. The van der Waals surface area contributed by atoms with Crippen molar-refractivity contribution in [1.29, 1.82) is 0 Å². The van der Waals surface area contributed by atoms with E-state index in [2.05, 4.69) is 10.3 Å². The maximum atomic E-state index is 13.0. The Hall–Kier alpha value is -2.97. The molecule has 1 amide bonds. The fourth-order valence-corrected chi connectivity index (χ4v) is 3.76. The average Bonchev–Trinajstić information content (AvgIpc) is 3.12. The van der Waals surface area contributed by atoms with Crippen molar-refractivity contribution in [3.05, 3.63) is 83.9 Å². The first-order valence-corrected chi connectivity index (χ1v) is 11.0. The summed E-state index contributed by atoms with van der Waals surface area (Å²) in [6, 6.07) is 15.6. The number of hydrogen-bond acceptors (Lipinski definition) is 4. The zero-order valence-corrected chi connectivity index (χ0v) is 17.4. The van der Waals surface area contributed by atoms with Crippen LogP contribution in [0.15, 0.2) is 67.0 Å². The molecule has 2 aromatic carbocycles. The summed E-state index contributed by atoms with van der Waals surface area (Å²) < 4.78 is 27.2. The van der Waals surface area contributed by atoms with Gasteiger partial charge < -0.3 is 9.88 Å². The summed E-state index contributed by atoms with van der Waals surface area (Å²) in [4.78, 5) is 17.3. The van der Waals surface area contributed by atoms with E-state index in [-0.39, 0.29) is 12.5 Å². The molecule has 3 rings (SSSR count). The van der Waals surface area contributed by atoms with Crippen LogP contribution in [0.2, 0.25) is 0 Å². The van der Waals surface area contributed by atoms with Crippen molar-refractivity contribution in [2.24, 2.45) is 0 Å². The number of aromatic nitrogens is 2. The Kier molecular flexibility index (Phi) is 6.14. The van der Waals surface area contributed by atoms with Crippen LogP contribution in [-0.2, 0) is 21.4 Å². The van der Waals surface area contributed by atoms with Gasteiger partial charge in [0.15, 0.2) is 0 Å². The molecule has 0 unspecified atom stereocenters. The van der Waals surface area contributed by atoms with Gasteiger partial charge in [0.25, 0.3) is 0 Å². The molecule has 0 spiro atoms. The number of nitrogens with one attached hydrogen (secondary N) is 1. The van der Waals surface area contributed by atoms with E-state index in [1.807, 2.05) is 48.0 Å². The zero-order valence-electron chi connectivity index (χ0n) is 16.6. The minimum Gasteiger partial charge on any atom is -0.350 e. The van der Waals surface area contributed by atoms with Crippen molar-refractivity contribution >= 4 is 15.9 Å². The van der Waals surface area contributed by atoms with Gasteiger partial charge >= 0.3 is 0 Å². The lowest BCUT2D eigenvalue weighted by atomic mass is 10.1. The number of imidazole rings is 1. The Morgan fingerprint density at radius 3 is 2.41 bits per heavy atom. The van der Waals surface area contributed by atoms with E-state index in [9.17, 15) is 13.2 Å². The summed E-state index contributed by atoms with van der Waals surface area (Å²) in [5.41, 5.74) is 2.42. The minimum absolute atomic E-state index is 0.258. The number of amides is 1. The Morgan fingerprint density at radius 1 is 1.14 bits per heavy atom. The zero-order chi connectivity index (χ0) is 21.0. The van der Waals surface area contributed by atoms with E-state index in [1.54, 1.807) is 30.5 Å². The number of hydrogen-bond donors (Lipinski definition) is 1. The molecule has 152 valence electrons. The van der Waals surface area contributed by atoms with E-state index in [4.69, 9.17) is 0 Å². The lowest BCUT2D eigenvalue weighted by molar-refractivity contribution is -0.124. The van der Waals surface area contributed by atoms with Gasteiger partial charge in [-0.1, -0.05) is 48.5 Å². The number of sulfonamides is 1. The highest BCUT2D eigenvalue weighted by atomic mass is 32.2. The topological polar surface area (TPSA) is 84.3 Å². The quantitative estimate of drug-likeness (QED) is 0.646. The lowest BCUT2D eigenvalue weighted by Crippen LogP contribution is -2.41. The average molecular weight is 413 g/mol. The van der Waals surface area contributed by atoms with Crippen LogP contribution in [0.5, 0.6) is 0 Å². The Morgan fingerprint density at radius 2 is 1.79 bits per heavy atom. The number of carbonyl (C=O) groups excluding carboxylic acids is 1. The van der Waals surface area contributed by atoms with Crippen molar-refractivity contribution < 1.29 is 13.2 Å². The number of likely N-dealkylation sites (N-methyl/N-ethyl adjacent to an activating group) is 1. The van der Waals surface area contributed by atoms with Gasteiger partial charge in [-0.15, -0.1) is 0 Å². The molecule has 0 aliphatic heterocycles. The van der Waals surface area contributed by atoms with Gasteiger partial charge in [-0.3, -0.25) is 4.79 Å². The molecule has 1 atom stereocenters. The van der Waals surface area contributed by atoms with E-state index in [0.717, 1.165) is 27.6 Å². The van der Waals surface area contributed by atoms with E-state index >= 15 is 0 Å². The second kappa shape index (κ2) is 8.59. The molecule has 29 heavy (non-hydrogen) atoms. The molecule has 0 radical (unpaired) electrons. The third-order valence-electron chi connectivity index (χ3n) is 4.78. The van der Waals surface area contributed by atoms with Crippen LogP contribution < -0.4 is 5.32 Å². The van der Waals surface area contributed by atoms with Crippen LogP contribution >= 0.6 is 0 Å². The molecule has 0 bridgehead atoms. The van der Waals surface area contributed by atoms with E-state index in [0.29, 0.717) is 5.56 Å². The molecule has 0 saturated carbocycles. The predicted molar refractivity (Wildman–Crippen MR) is 112 cm³/mol. The molecular formula is C21H24N4O3S. The molecule has 3 aromatic rings. The van der Waals surface area contributed by atoms with Crippen molar-refractivity contribution in [3.8, 4) is 5.69 Å². The first kappa shape index (κ1) is 20.8. The van der Waals surface area contributed by atoms with Crippen molar-refractivity contribution in [2.45, 2.75) is 19.5 Å². The predicted octanol–water partition coefficient (Wildman–Crippen LogP) is 2.43. The van der Waals surface area contributed by atoms with Crippen LogP contribution in [0.3, 0.4) is 0 Å². The van der Waals surface area contributed by atoms with Crippen LogP contribution in [0.25, 0.3) is 5.69 Å². The van der Waals surface area contributed by atoms with Gasteiger partial charge in [-0.2, -0.15) is 4.31 Å². The Labute approximate surface area is 171 Å². The van der Waals surface area contributed by atoms with Crippen LogP contribution in [0.1, 0.15) is 23.0 Å². The Bertz CT molecular complexity index is 1090. The molecule has 1 N–H and O–H groups in total. The van der Waals surface area contributed by atoms with E-state index < -0.39 is 16.1 Å². The fourth-order valence-electron chi connectivity index (χ4n) is 3.16. The summed E-state index contributed by atoms with van der Waals surface area (Å²) >= 11 is 0. The molecule has 0 aliphatic carbocycles. The molecule has 1 heterocycles. The monoisotopic (exact) mass is 412 g/mol. The first-order valence-electron chi connectivity index (χ1n) is 9.13. The maximum Gasteiger partial charge on any atom is 0.243 e. The Balaban J connectivity index is 1.86. The van der Waals surface area contributed by atoms with Gasteiger partial charge in [0.2, 0.25) is 15.9 Å². The van der Waals surface area contributed by atoms with Crippen LogP contribution in [0.4, 0.5) is 0 Å². The highest BCUT2D eigenvalue weighted by Gasteiger charge is 2.30. The van der Waals surface area contributed by atoms with Crippen molar-refractivity contribution in [3.63, 3.8) is 0 Å². The molecule has 0 saturated heterocycles. The number of rotatable bonds is 7. The minimum atomic E-state index is -3.57. The number of para-hydroxylation sites is 1. The van der Waals surface area contributed by atoms with Gasteiger partial charge in [-0.05, 0) is 24.1 Å². The molecule has 1 aromatic heterocycles. The summed E-state index contributed by atoms with van der Waals surface area (Å²) in [6.45, 7) is 2.16. The smallest absolute Gasteiger partial charge is 0.243 e. The fraction of sp³-hybridized carbons (Fsp3) is 0.238. The SMILES string of the molecule is Cc1nccn1-c1ccccc1CNC(=O)[C@@H](c1ccccc1)N(C)S(C)(=O)=O. The second-order valence-corrected chi connectivity index (χ2v) is 8.83. The highest BCUT2D eigenvalue weighted by Crippen LogP contribution is 2.23. The largest absolute Gasteiger partial charge is 0.350 e. The molecular weight excluding hydrogens is 388 g/mol. The van der Waals surface area contributed by atoms with Gasteiger partial charge in [0, 0.05) is 26.0 Å². The third-order valence-corrected chi connectivity index (χ3v) is 6.04. The van der Waals surface area contributed by atoms with Gasteiger partial charge in [-0.25, -0.2) is 13.4 Å². The van der Waals surface area contributed by atoms with Gasteiger partial charge in [0.1, 0.15) is 11.9 Å². The summed E-state index contributed by atoms with van der Waals surface area (Å²) in [7, 11) is -2.16. The first-order chi connectivity index (χ1) is 13.8. The van der Waals surface area contributed by atoms with Gasteiger partial charge in [0.05, 0.1) is 11.9 Å². The highest BCUT2D eigenvalue weighted by molar-refractivity contribution is 7.88. The second-order valence-electron chi connectivity index (χ2n) is 6.78. The summed E-state index contributed by atoms with van der Waals surface area (Å²) in [5.74, 6) is 0.448. The molecule has 8 heteroatoms. The molecule has 0 fully saturated rings. The third kappa shape index (κ3) is 4.72. The molecule has 0 aliphatic rings. The normalized spacial score (nSPS) is 12.7. The van der Waals surface area contributed by atoms with E-state index in [1.165, 1.54) is 7.05 Å². The standard InChI is InChI=1S/C21H24N4O3S/c1-16-22-13-14-25(16)19-12-8-7-11-18(19)15-23-21(26)20(24(2)29(3,27)28)17-9-5-4-6-10-17/h4-14,20H,15H2,1-3H3,(H,23,26)/t20-/m1/s1.